The molecule has 1 unspecified atom stereocenters. The van der Waals surface area contributed by atoms with E-state index >= 15 is 0 Å². The van der Waals surface area contributed by atoms with Crippen molar-refractivity contribution in [2.45, 2.75) is 32.5 Å². The summed E-state index contributed by atoms with van der Waals surface area (Å²) in [6, 6.07) is 20.3. The average molecular weight is 447 g/mol. The third-order valence-electron chi connectivity index (χ3n) is 4.35. The molecular formula is C21H22INO2. The molecule has 0 aromatic heterocycles. The van der Waals surface area contributed by atoms with Gasteiger partial charge in [-0.25, -0.2) is 0 Å². The Kier molecular flexibility index (Phi) is 6.13. The number of carbonyl (C=O) groups is 1. The van der Waals surface area contributed by atoms with E-state index in [-0.39, 0.29) is 12.0 Å². The van der Waals surface area contributed by atoms with Crippen molar-refractivity contribution >= 4 is 28.5 Å². The van der Waals surface area contributed by atoms with E-state index in [0.717, 1.165) is 26.9 Å². The van der Waals surface area contributed by atoms with E-state index in [4.69, 9.17) is 4.74 Å². The lowest BCUT2D eigenvalue weighted by Crippen LogP contribution is -2.31. The zero-order chi connectivity index (χ0) is 17.6. The van der Waals surface area contributed by atoms with Crippen molar-refractivity contribution in [2.75, 3.05) is 4.43 Å². The Morgan fingerprint density at radius 2 is 1.56 bits per heavy atom. The molecule has 0 saturated heterocycles. The van der Waals surface area contributed by atoms with Gasteiger partial charge in [-0.1, -0.05) is 83.3 Å². The van der Waals surface area contributed by atoms with Crippen LogP contribution in [0.15, 0.2) is 72.0 Å². The first-order chi connectivity index (χ1) is 12.2. The summed E-state index contributed by atoms with van der Waals surface area (Å²) >= 11 is 2.31. The fourth-order valence-electron chi connectivity index (χ4n) is 3.06. The van der Waals surface area contributed by atoms with Crippen molar-refractivity contribution in [2.24, 2.45) is 0 Å². The summed E-state index contributed by atoms with van der Waals surface area (Å²) in [7, 11) is 0. The first kappa shape index (κ1) is 18.0. The van der Waals surface area contributed by atoms with Crippen LogP contribution in [0.1, 0.15) is 24.5 Å². The summed E-state index contributed by atoms with van der Waals surface area (Å²) in [4.78, 5) is 15.1. The molecule has 0 aliphatic carbocycles. The molecule has 3 rings (SSSR count). The first-order valence-corrected chi connectivity index (χ1v) is 9.99. The normalized spacial score (nSPS) is 16.6. The lowest BCUT2D eigenvalue weighted by Gasteiger charge is -2.24. The number of carbonyl (C=O) groups excluding carboxylic acids is 1. The van der Waals surface area contributed by atoms with Gasteiger partial charge in [-0.3, -0.25) is 4.79 Å². The predicted molar refractivity (Wildman–Crippen MR) is 108 cm³/mol. The quantitative estimate of drug-likeness (QED) is 0.474. The second kappa shape index (κ2) is 8.52. The van der Waals surface area contributed by atoms with Crippen molar-refractivity contribution < 1.29 is 9.53 Å². The number of alkyl halides is 1. The highest BCUT2D eigenvalue weighted by atomic mass is 127. The Balaban J connectivity index is 1.82. The fraction of sp³-hybridized carbons (Fsp3) is 0.286. The average Bonchev–Trinajstić information content (AvgIpc) is 3.03. The minimum atomic E-state index is 0.0811. The topological polar surface area (TPSA) is 29.5 Å². The van der Waals surface area contributed by atoms with Crippen molar-refractivity contribution in [3.63, 3.8) is 0 Å². The number of hydrogen-bond donors (Lipinski definition) is 0. The summed E-state index contributed by atoms with van der Waals surface area (Å²) in [5.74, 6) is 0.857. The number of rotatable bonds is 6. The van der Waals surface area contributed by atoms with Crippen LogP contribution in [0.5, 0.6) is 0 Å². The van der Waals surface area contributed by atoms with Gasteiger partial charge in [0.2, 0.25) is 0 Å². The number of nitrogens with zero attached hydrogens (tertiary/aromatic N) is 1. The highest BCUT2D eigenvalue weighted by Crippen LogP contribution is 2.28. The van der Waals surface area contributed by atoms with Crippen LogP contribution in [0.2, 0.25) is 0 Å². The fourth-order valence-corrected chi connectivity index (χ4v) is 3.55. The van der Waals surface area contributed by atoms with Crippen LogP contribution in [-0.2, 0) is 22.6 Å². The summed E-state index contributed by atoms with van der Waals surface area (Å²) in [5.41, 5.74) is 3.08. The Morgan fingerprint density at radius 1 is 1.04 bits per heavy atom. The largest absolute Gasteiger partial charge is 0.493 e. The summed E-state index contributed by atoms with van der Waals surface area (Å²) in [6.07, 6.45) is 0.822. The first-order valence-electron chi connectivity index (χ1n) is 8.47. The van der Waals surface area contributed by atoms with Crippen LogP contribution < -0.4 is 0 Å². The SMILES string of the molecule is CC1=C(C(=O)N(Cc2ccccc2)Cc2ccccc2)CC(CI)O1. The highest BCUT2D eigenvalue weighted by Gasteiger charge is 2.30. The van der Waals surface area contributed by atoms with Crippen LogP contribution in [0.25, 0.3) is 0 Å². The van der Waals surface area contributed by atoms with Crippen molar-refractivity contribution in [3.05, 3.63) is 83.1 Å². The molecule has 0 spiro atoms. The van der Waals surface area contributed by atoms with E-state index in [2.05, 4.69) is 46.9 Å². The summed E-state index contributed by atoms with van der Waals surface area (Å²) in [5, 5.41) is 0. The van der Waals surface area contributed by atoms with Crippen LogP contribution in [0, 0.1) is 0 Å². The van der Waals surface area contributed by atoms with Gasteiger partial charge in [0.05, 0.1) is 5.57 Å². The molecule has 0 N–H and O–H groups in total. The summed E-state index contributed by atoms with van der Waals surface area (Å²) in [6.45, 7) is 3.10. The molecule has 2 aromatic rings. The van der Waals surface area contributed by atoms with Crippen LogP contribution in [-0.4, -0.2) is 21.3 Å². The molecule has 0 radical (unpaired) electrons. The van der Waals surface area contributed by atoms with Gasteiger partial charge in [-0.2, -0.15) is 0 Å². The predicted octanol–water partition coefficient (Wildman–Crippen LogP) is 4.71. The Hall–Kier alpha value is -1.82. The second-order valence-corrected chi connectivity index (χ2v) is 7.15. The molecular weight excluding hydrogens is 425 g/mol. The number of amides is 1. The number of benzene rings is 2. The van der Waals surface area contributed by atoms with Crippen LogP contribution in [0.3, 0.4) is 0 Å². The molecule has 0 fully saturated rings. The Bertz CT molecular complexity index is 702. The molecule has 1 aliphatic rings. The van der Waals surface area contributed by atoms with Gasteiger partial charge in [0.15, 0.2) is 0 Å². The van der Waals surface area contributed by atoms with Gasteiger partial charge in [-0.05, 0) is 18.1 Å². The molecule has 0 bridgehead atoms. The van der Waals surface area contributed by atoms with Gasteiger partial charge < -0.3 is 9.64 Å². The molecule has 130 valence electrons. The lowest BCUT2D eigenvalue weighted by atomic mass is 10.1. The zero-order valence-corrected chi connectivity index (χ0v) is 16.5. The smallest absolute Gasteiger partial charge is 0.253 e. The van der Waals surface area contributed by atoms with E-state index in [0.29, 0.717) is 19.5 Å². The third-order valence-corrected chi connectivity index (χ3v) is 5.33. The zero-order valence-electron chi connectivity index (χ0n) is 14.3. The monoisotopic (exact) mass is 447 g/mol. The maximum Gasteiger partial charge on any atom is 0.253 e. The van der Waals surface area contributed by atoms with E-state index in [1.54, 1.807) is 0 Å². The number of halogens is 1. The van der Waals surface area contributed by atoms with E-state index < -0.39 is 0 Å². The molecule has 2 aromatic carbocycles. The third kappa shape index (κ3) is 4.63. The van der Waals surface area contributed by atoms with Gasteiger partial charge in [-0.15, -0.1) is 0 Å². The minimum absolute atomic E-state index is 0.0811. The van der Waals surface area contributed by atoms with Crippen LogP contribution in [0.4, 0.5) is 0 Å². The standard InChI is InChI=1S/C21H22INO2/c1-16-20(12-19(13-22)25-16)21(24)23(14-17-8-4-2-5-9-17)15-18-10-6-3-7-11-18/h2-11,19H,12-15H2,1H3. The molecule has 25 heavy (non-hydrogen) atoms. The van der Waals surface area contributed by atoms with Gasteiger partial charge in [0.1, 0.15) is 11.9 Å². The molecule has 1 atom stereocenters. The summed E-state index contributed by atoms with van der Waals surface area (Å²) < 4.78 is 6.71. The molecule has 1 aliphatic heterocycles. The van der Waals surface area contributed by atoms with E-state index in [9.17, 15) is 4.79 Å². The van der Waals surface area contributed by atoms with Gasteiger partial charge >= 0.3 is 0 Å². The van der Waals surface area contributed by atoms with Gasteiger partial charge in [0.25, 0.3) is 5.91 Å². The van der Waals surface area contributed by atoms with E-state index in [1.165, 1.54) is 0 Å². The van der Waals surface area contributed by atoms with Crippen molar-refractivity contribution in [1.29, 1.82) is 0 Å². The highest BCUT2D eigenvalue weighted by molar-refractivity contribution is 14.1. The second-order valence-electron chi connectivity index (χ2n) is 6.27. The minimum Gasteiger partial charge on any atom is -0.493 e. The number of allylic oxidation sites excluding steroid dienone is 1. The van der Waals surface area contributed by atoms with Crippen LogP contribution >= 0.6 is 22.6 Å². The lowest BCUT2D eigenvalue weighted by molar-refractivity contribution is -0.128. The molecule has 4 heteroatoms. The maximum absolute atomic E-state index is 13.2. The van der Waals surface area contributed by atoms with Crippen molar-refractivity contribution in [3.8, 4) is 0 Å². The molecule has 3 nitrogen and oxygen atoms in total. The molecule has 1 heterocycles. The van der Waals surface area contributed by atoms with Gasteiger partial charge in [0, 0.05) is 23.9 Å². The number of ether oxygens (including phenoxy) is 1. The Morgan fingerprint density at radius 3 is 2.00 bits per heavy atom. The Labute approximate surface area is 162 Å². The van der Waals surface area contributed by atoms with E-state index in [1.807, 2.05) is 48.2 Å². The van der Waals surface area contributed by atoms with Crippen molar-refractivity contribution in [1.82, 2.24) is 4.90 Å². The molecule has 0 saturated carbocycles. The number of hydrogen-bond acceptors (Lipinski definition) is 2. The maximum atomic E-state index is 13.2. The molecule has 1 amide bonds.